The summed E-state index contributed by atoms with van der Waals surface area (Å²) >= 11 is 6.11. The quantitative estimate of drug-likeness (QED) is 0.805. The fourth-order valence-electron chi connectivity index (χ4n) is 2.27. The molecule has 0 saturated carbocycles. The van der Waals surface area contributed by atoms with Gasteiger partial charge in [0.2, 0.25) is 0 Å². The van der Waals surface area contributed by atoms with E-state index in [0.29, 0.717) is 11.6 Å². The number of rotatable bonds is 4. The van der Waals surface area contributed by atoms with E-state index >= 15 is 0 Å². The number of anilines is 1. The molecule has 0 spiro atoms. The number of nitrogens with one attached hydrogen (secondary N) is 1. The highest BCUT2D eigenvalue weighted by Crippen LogP contribution is 2.24. The Bertz CT molecular complexity index is 746. The first-order valence-corrected chi connectivity index (χ1v) is 7.04. The van der Waals surface area contributed by atoms with Crippen molar-refractivity contribution in [1.29, 1.82) is 0 Å². The van der Waals surface area contributed by atoms with E-state index in [-0.39, 0.29) is 0 Å². The first kappa shape index (κ1) is 13.7. The van der Waals surface area contributed by atoms with Gasteiger partial charge in [-0.2, -0.15) is 10.2 Å². The van der Waals surface area contributed by atoms with Gasteiger partial charge in [0.1, 0.15) is 0 Å². The number of hydrogen-bond acceptors (Lipinski definition) is 3. The molecule has 1 aromatic carbocycles. The molecule has 21 heavy (non-hydrogen) atoms. The van der Waals surface area contributed by atoms with E-state index in [4.69, 9.17) is 11.6 Å². The van der Waals surface area contributed by atoms with Crippen LogP contribution in [0.15, 0.2) is 42.9 Å². The third-order valence-electron chi connectivity index (χ3n) is 3.29. The van der Waals surface area contributed by atoms with Gasteiger partial charge in [-0.1, -0.05) is 11.6 Å². The van der Waals surface area contributed by atoms with Crippen molar-refractivity contribution in [3.05, 3.63) is 59.1 Å². The standard InChI is InChI=1S/C15H16ClN5/c1-11-12(10-20(2)19-11)9-17-14-8-13(16)4-5-15(14)21-7-3-6-18-21/h3-8,10,17H,9H2,1-2H3. The maximum atomic E-state index is 6.11. The van der Waals surface area contributed by atoms with E-state index in [9.17, 15) is 0 Å². The van der Waals surface area contributed by atoms with Crippen LogP contribution in [0.4, 0.5) is 5.69 Å². The molecule has 0 fully saturated rings. The van der Waals surface area contributed by atoms with Crippen molar-refractivity contribution in [2.75, 3.05) is 5.32 Å². The van der Waals surface area contributed by atoms with Crippen LogP contribution in [-0.4, -0.2) is 19.6 Å². The normalized spacial score (nSPS) is 10.8. The molecule has 6 heteroatoms. The second-order valence-electron chi connectivity index (χ2n) is 4.88. The Morgan fingerprint density at radius 1 is 1.33 bits per heavy atom. The van der Waals surface area contributed by atoms with Gasteiger partial charge in [-0.05, 0) is 31.2 Å². The Hall–Kier alpha value is -2.27. The lowest BCUT2D eigenvalue weighted by molar-refractivity contribution is 0.756. The molecule has 0 amide bonds. The highest BCUT2D eigenvalue weighted by Gasteiger charge is 2.08. The number of aromatic nitrogens is 4. The largest absolute Gasteiger partial charge is 0.379 e. The molecule has 0 radical (unpaired) electrons. The summed E-state index contributed by atoms with van der Waals surface area (Å²) in [4.78, 5) is 0. The van der Waals surface area contributed by atoms with Gasteiger partial charge in [0.15, 0.2) is 0 Å². The highest BCUT2D eigenvalue weighted by atomic mass is 35.5. The number of hydrogen-bond donors (Lipinski definition) is 1. The highest BCUT2D eigenvalue weighted by molar-refractivity contribution is 6.31. The minimum Gasteiger partial charge on any atom is -0.379 e. The summed E-state index contributed by atoms with van der Waals surface area (Å²) in [6.07, 6.45) is 5.67. The van der Waals surface area contributed by atoms with Gasteiger partial charge in [0.05, 0.1) is 17.1 Å². The molecule has 2 heterocycles. The lowest BCUT2D eigenvalue weighted by Gasteiger charge is -2.12. The fraction of sp³-hybridized carbons (Fsp3) is 0.200. The van der Waals surface area contributed by atoms with E-state index in [2.05, 4.69) is 15.5 Å². The Balaban J connectivity index is 1.88. The van der Waals surface area contributed by atoms with Crippen molar-refractivity contribution in [2.45, 2.75) is 13.5 Å². The third kappa shape index (κ3) is 2.92. The lowest BCUT2D eigenvalue weighted by Crippen LogP contribution is -2.05. The molecule has 3 rings (SSSR count). The van der Waals surface area contributed by atoms with Crippen LogP contribution in [0.3, 0.4) is 0 Å². The molecule has 0 bridgehead atoms. The average molecular weight is 302 g/mol. The summed E-state index contributed by atoms with van der Waals surface area (Å²) in [5.41, 5.74) is 4.08. The summed E-state index contributed by atoms with van der Waals surface area (Å²) in [7, 11) is 1.92. The zero-order valence-corrected chi connectivity index (χ0v) is 12.7. The Labute approximate surface area is 128 Å². The molecule has 0 aliphatic carbocycles. The maximum absolute atomic E-state index is 6.11. The van der Waals surface area contributed by atoms with E-state index in [1.165, 1.54) is 0 Å². The first-order chi connectivity index (χ1) is 10.1. The minimum atomic E-state index is 0.689. The van der Waals surface area contributed by atoms with Gasteiger partial charge in [-0.3, -0.25) is 4.68 Å². The summed E-state index contributed by atoms with van der Waals surface area (Å²) in [5, 5.41) is 12.7. The summed E-state index contributed by atoms with van der Waals surface area (Å²) in [5.74, 6) is 0. The molecule has 108 valence electrons. The molecule has 0 saturated heterocycles. The van der Waals surface area contributed by atoms with E-state index in [0.717, 1.165) is 22.6 Å². The Morgan fingerprint density at radius 3 is 2.86 bits per heavy atom. The predicted molar refractivity (Wildman–Crippen MR) is 83.8 cm³/mol. The zero-order chi connectivity index (χ0) is 14.8. The third-order valence-corrected chi connectivity index (χ3v) is 3.53. The van der Waals surface area contributed by atoms with E-state index < -0.39 is 0 Å². The zero-order valence-electron chi connectivity index (χ0n) is 11.9. The van der Waals surface area contributed by atoms with Crippen LogP contribution >= 0.6 is 11.6 Å². The van der Waals surface area contributed by atoms with Crippen LogP contribution in [0.2, 0.25) is 5.02 Å². The van der Waals surface area contributed by atoms with Gasteiger partial charge < -0.3 is 5.32 Å². The van der Waals surface area contributed by atoms with Crippen molar-refractivity contribution >= 4 is 17.3 Å². The second-order valence-corrected chi connectivity index (χ2v) is 5.32. The molecular weight excluding hydrogens is 286 g/mol. The van der Waals surface area contributed by atoms with E-state index in [1.54, 1.807) is 6.20 Å². The molecule has 3 aromatic rings. The van der Waals surface area contributed by atoms with Crippen LogP contribution in [0, 0.1) is 6.92 Å². The van der Waals surface area contributed by atoms with Crippen molar-refractivity contribution < 1.29 is 0 Å². The van der Waals surface area contributed by atoms with Gasteiger partial charge in [-0.15, -0.1) is 0 Å². The van der Waals surface area contributed by atoms with Crippen LogP contribution in [-0.2, 0) is 13.6 Å². The Kier molecular flexibility index (Phi) is 3.66. The van der Waals surface area contributed by atoms with Crippen LogP contribution < -0.4 is 5.32 Å². The maximum Gasteiger partial charge on any atom is 0.0877 e. The molecule has 0 unspecified atom stereocenters. The number of halogens is 1. The van der Waals surface area contributed by atoms with Crippen molar-refractivity contribution in [1.82, 2.24) is 19.6 Å². The molecular formula is C15H16ClN5. The van der Waals surface area contributed by atoms with Crippen molar-refractivity contribution in [2.24, 2.45) is 7.05 Å². The van der Waals surface area contributed by atoms with Gasteiger partial charge >= 0.3 is 0 Å². The first-order valence-electron chi connectivity index (χ1n) is 6.66. The Morgan fingerprint density at radius 2 is 2.19 bits per heavy atom. The summed E-state index contributed by atoms with van der Waals surface area (Å²) in [6.45, 7) is 2.69. The van der Waals surface area contributed by atoms with Crippen molar-refractivity contribution in [3.8, 4) is 5.69 Å². The monoisotopic (exact) mass is 301 g/mol. The fourth-order valence-corrected chi connectivity index (χ4v) is 2.45. The molecule has 0 aliphatic rings. The van der Waals surface area contributed by atoms with Crippen molar-refractivity contribution in [3.63, 3.8) is 0 Å². The van der Waals surface area contributed by atoms with Gasteiger partial charge in [0, 0.05) is 42.8 Å². The minimum absolute atomic E-state index is 0.689. The summed E-state index contributed by atoms with van der Waals surface area (Å²) < 4.78 is 3.63. The average Bonchev–Trinajstić information content (AvgIpc) is 3.06. The van der Waals surface area contributed by atoms with Crippen LogP contribution in [0.1, 0.15) is 11.3 Å². The topological polar surface area (TPSA) is 47.7 Å². The SMILES string of the molecule is Cc1nn(C)cc1CNc1cc(Cl)ccc1-n1cccn1. The smallest absolute Gasteiger partial charge is 0.0877 e. The lowest BCUT2D eigenvalue weighted by atomic mass is 10.2. The number of aryl methyl sites for hydroxylation is 2. The molecule has 2 aromatic heterocycles. The predicted octanol–water partition coefficient (Wildman–Crippen LogP) is 3.18. The molecule has 5 nitrogen and oxygen atoms in total. The summed E-state index contributed by atoms with van der Waals surface area (Å²) in [6, 6.07) is 7.61. The van der Waals surface area contributed by atoms with Gasteiger partial charge in [-0.25, -0.2) is 4.68 Å². The number of benzene rings is 1. The number of nitrogens with zero attached hydrogens (tertiary/aromatic N) is 4. The molecule has 0 aliphatic heterocycles. The molecule has 0 atom stereocenters. The van der Waals surface area contributed by atoms with Crippen LogP contribution in [0.25, 0.3) is 5.69 Å². The molecule has 1 N–H and O–H groups in total. The second kappa shape index (κ2) is 5.61. The van der Waals surface area contributed by atoms with E-state index in [1.807, 2.05) is 60.0 Å². The van der Waals surface area contributed by atoms with Crippen LogP contribution in [0.5, 0.6) is 0 Å². The van der Waals surface area contributed by atoms with Gasteiger partial charge in [0.25, 0.3) is 0 Å².